The van der Waals surface area contributed by atoms with Crippen LogP contribution in [0.1, 0.15) is 37.9 Å². The van der Waals surface area contributed by atoms with Crippen molar-refractivity contribution >= 4 is 5.97 Å². The Hall–Kier alpha value is -1.46. The van der Waals surface area contributed by atoms with Crippen LogP contribution in [0, 0.1) is 11.7 Å². The van der Waals surface area contributed by atoms with E-state index in [-0.39, 0.29) is 11.7 Å². The molecular weight excluding hydrogens is 273 g/mol. The highest BCUT2D eigenvalue weighted by molar-refractivity contribution is 5.73. The van der Waals surface area contributed by atoms with Gasteiger partial charge in [0, 0.05) is 0 Å². The molecule has 2 rings (SSSR count). The zero-order chi connectivity index (χ0) is 15.4. The van der Waals surface area contributed by atoms with Crippen molar-refractivity contribution in [3.8, 4) is 0 Å². The zero-order valence-corrected chi connectivity index (χ0v) is 12.2. The molecule has 1 aliphatic rings. The summed E-state index contributed by atoms with van der Waals surface area (Å²) in [5.41, 5.74) is 0.722. The summed E-state index contributed by atoms with van der Waals surface area (Å²) in [4.78, 5) is 13.1. The van der Waals surface area contributed by atoms with Crippen molar-refractivity contribution in [2.24, 2.45) is 5.92 Å². The van der Waals surface area contributed by atoms with Crippen LogP contribution >= 0.6 is 0 Å². The highest BCUT2D eigenvalue weighted by Crippen LogP contribution is 2.31. The summed E-state index contributed by atoms with van der Waals surface area (Å²) < 4.78 is 12.9. The first-order valence-electron chi connectivity index (χ1n) is 7.43. The highest BCUT2D eigenvalue weighted by atomic mass is 19.1. The van der Waals surface area contributed by atoms with E-state index < -0.39 is 18.1 Å². The topological polar surface area (TPSA) is 60.8 Å². The molecule has 2 unspecified atom stereocenters. The van der Waals surface area contributed by atoms with Gasteiger partial charge in [-0.3, -0.25) is 9.69 Å². The lowest BCUT2D eigenvalue weighted by molar-refractivity contribution is -0.144. The average Bonchev–Trinajstić information content (AvgIpc) is 2.48. The summed E-state index contributed by atoms with van der Waals surface area (Å²) in [6, 6.07) is 5.49. The Bertz CT molecular complexity index is 469. The number of nitrogens with zero attached hydrogens (tertiary/aromatic N) is 1. The largest absolute Gasteiger partial charge is 0.480 e. The molecule has 21 heavy (non-hydrogen) atoms. The van der Waals surface area contributed by atoms with E-state index in [1.54, 1.807) is 12.1 Å². The molecule has 0 amide bonds. The Labute approximate surface area is 124 Å². The number of carbonyl (C=O) groups is 1. The summed E-state index contributed by atoms with van der Waals surface area (Å²) in [5.74, 6) is -0.999. The van der Waals surface area contributed by atoms with Gasteiger partial charge in [-0.2, -0.15) is 0 Å². The van der Waals surface area contributed by atoms with Gasteiger partial charge in [-0.1, -0.05) is 19.1 Å². The predicted octanol–water partition coefficient (Wildman–Crippen LogP) is 2.43. The van der Waals surface area contributed by atoms with Gasteiger partial charge in [-0.25, -0.2) is 4.39 Å². The van der Waals surface area contributed by atoms with Crippen molar-refractivity contribution in [1.82, 2.24) is 4.90 Å². The van der Waals surface area contributed by atoms with E-state index in [0.29, 0.717) is 19.5 Å². The summed E-state index contributed by atoms with van der Waals surface area (Å²) >= 11 is 0. The number of aliphatic hydroxyl groups is 1. The molecule has 0 aromatic heterocycles. The molecule has 2 atom stereocenters. The number of hydrogen-bond donors (Lipinski definition) is 2. The number of benzene rings is 1. The van der Waals surface area contributed by atoms with Crippen LogP contribution in [0.2, 0.25) is 0 Å². The molecule has 1 saturated heterocycles. The fourth-order valence-electron chi connectivity index (χ4n) is 3.07. The van der Waals surface area contributed by atoms with Crippen molar-refractivity contribution < 1.29 is 19.4 Å². The SMILES string of the molecule is CCC(C(=O)O)N1CCC(C(O)c2ccc(F)cc2)CC1. The van der Waals surface area contributed by atoms with Gasteiger partial charge in [0.25, 0.3) is 0 Å². The first-order valence-corrected chi connectivity index (χ1v) is 7.43. The number of piperidine rings is 1. The maximum atomic E-state index is 12.9. The molecule has 1 heterocycles. The lowest BCUT2D eigenvalue weighted by Crippen LogP contribution is -2.46. The van der Waals surface area contributed by atoms with Gasteiger partial charge in [-0.05, 0) is 56.0 Å². The highest BCUT2D eigenvalue weighted by Gasteiger charge is 2.31. The summed E-state index contributed by atoms with van der Waals surface area (Å²) in [6.45, 7) is 3.22. The second-order valence-electron chi connectivity index (χ2n) is 5.63. The van der Waals surface area contributed by atoms with Crippen LogP contribution in [0.4, 0.5) is 4.39 Å². The molecule has 0 radical (unpaired) electrons. The molecule has 0 bridgehead atoms. The quantitative estimate of drug-likeness (QED) is 0.876. The summed E-state index contributed by atoms with van der Waals surface area (Å²) in [5, 5.41) is 19.5. The van der Waals surface area contributed by atoms with E-state index >= 15 is 0 Å². The Morgan fingerprint density at radius 3 is 2.38 bits per heavy atom. The van der Waals surface area contributed by atoms with E-state index in [1.807, 2.05) is 11.8 Å². The minimum absolute atomic E-state index is 0.0954. The Balaban J connectivity index is 1.94. The fourth-order valence-corrected chi connectivity index (χ4v) is 3.07. The molecule has 1 aromatic rings. The molecule has 5 heteroatoms. The molecule has 1 fully saturated rings. The van der Waals surface area contributed by atoms with Crippen molar-refractivity contribution in [2.45, 2.75) is 38.3 Å². The van der Waals surface area contributed by atoms with Crippen LogP contribution < -0.4 is 0 Å². The number of carboxylic acid groups (broad SMARTS) is 1. The minimum Gasteiger partial charge on any atom is -0.480 e. The molecule has 0 aliphatic carbocycles. The van der Waals surface area contributed by atoms with E-state index in [0.717, 1.165) is 18.4 Å². The van der Waals surface area contributed by atoms with Crippen LogP contribution in [0.25, 0.3) is 0 Å². The smallest absolute Gasteiger partial charge is 0.320 e. The number of rotatable bonds is 5. The van der Waals surface area contributed by atoms with Crippen LogP contribution in [-0.4, -0.2) is 40.2 Å². The van der Waals surface area contributed by atoms with E-state index in [9.17, 15) is 19.4 Å². The van der Waals surface area contributed by atoms with Crippen molar-refractivity contribution in [3.05, 3.63) is 35.6 Å². The molecule has 1 aromatic carbocycles. The van der Waals surface area contributed by atoms with E-state index in [4.69, 9.17) is 0 Å². The molecule has 4 nitrogen and oxygen atoms in total. The number of likely N-dealkylation sites (tertiary alicyclic amines) is 1. The zero-order valence-electron chi connectivity index (χ0n) is 12.2. The number of aliphatic carboxylic acids is 1. The monoisotopic (exact) mass is 295 g/mol. The lowest BCUT2D eigenvalue weighted by atomic mass is 9.87. The first-order chi connectivity index (χ1) is 10.0. The normalized spacial score (nSPS) is 20.1. The van der Waals surface area contributed by atoms with E-state index in [1.165, 1.54) is 12.1 Å². The van der Waals surface area contributed by atoms with Gasteiger partial charge in [-0.15, -0.1) is 0 Å². The molecule has 1 aliphatic heterocycles. The van der Waals surface area contributed by atoms with Gasteiger partial charge < -0.3 is 10.2 Å². The number of carboxylic acids is 1. The second-order valence-corrected chi connectivity index (χ2v) is 5.63. The van der Waals surface area contributed by atoms with Crippen LogP contribution in [0.3, 0.4) is 0 Å². The molecule has 2 N–H and O–H groups in total. The van der Waals surface area contributed by atoms with Crippen LogP contribution in [0.5, 0.6) is 0 Å². The maximum absolute atomic E-state index is 12.9. The Morgan fingerprint density at radius 2 is 1.90 bits per heavy atom. The Morgan fingerprint density at radius 1 is 1.33 bits per heavy atom. The van der Waals surface area contributed by atoms with Gasteiger partial charge in [0.15, 0.2) is 0 Å². The van der Waals surface area contributed by atoms with Gasteiger partial charge >= 0.3 is 5.97 Å². The number of aliphatic hydroxyl groups excluding tert-OH is 1. The maximum Gasteiger partial charge on any atom is 0.320 e. The van der Waals surface area contributed by atoms with Crippen LogP contribution in [0.15, 0.2) is 24.3 Å². The molecule has 116 valence electrons. The predicted molar refractivity (Wildman–Crippen MR) is 77.4 cm³/mol. The number of hydrogen-bond acceptors (Lipinski definition) is 3. The van der Waals surface area contributed by atoms with E-state index in [2.05, 4.69) is 0 Å². The van der Waals surface area contributed by atoms with Crippen molar-refractivity contribution in [1.29, 1.82) is 0 Å². The fraction of sp³-hybridized carbons (Fsp3) is 0.562. The third kappa shape index (κ3) is 3.80. The Kier molecular flexibility index (Phi) is 5.31. The van der Waals surface area contributed by atoms with Gasteiger partial charge in [0.2, 0.25) is 0 Å². The molecule has 0 saturated carbocycles. The number of halogens is 1. The third-order valence-electron chi connectivity index (χ3n) is 4.34. The van der Waals surface area contributed by atoms with Crippen molar-refractivity contribution in [3.63, 3.8) is 0 Å². The average molecular weight is 295 g/mol. The standard InChI is InChI=1S/C16H22FNO3/c1-2-14(16(20)21)18-9-7-12(8-10-18)15(19)11-3-5-13(17)6-4-11/h3-6,12,14-15,19H,2,7-10H2,1H3,(H,20,21). The molecule has 0 spiro atoms. The first kappa shape index (κ1) is 15.9. The minimum atomic E-state index is -0.782. The van der Waals surface area contributed by atoms with Crippen molar-refractivity contribution in [2.75, 3.05) is 13.1 Å². The summed E-state index contributed by atoms with van der Waals surface area (Å²) in [6.07, 6.45) is 1.48. The van der Waals surface area contributed by atoms with Gasteiger partial charge in [0.05, 0.1) is 6.10 Å². The second kappa shape index (κ2) is 7.00. The lowest BCUT2D eigenvalue weighted by Gasteiger charge is -2.37. The molecular formula is C16H22FNO3. The summed E-state index contributed by atoms with van der Waals surface area (Å²) in [7, 11) is 0. The van der Waals surface area contributed by atoms with Gasteiger partial charge in [0.1, 0.15) is 11.9 Å². The van der Waals surface area contributed by atoms with Crippen LogP contribution in [-0.2, 0) is 4.79 Å². The third-order valence-corrected chi connectivity index (χ3v) is 4.34.